The maximum Gasteiger partial charge on any atom is 0.257 e. The third-order valence-corrected chi connectivity index (χ3v) is 8.14. The number of hydrogen-bond donors (Lipinski definition) is 2. The number of hydrogen-bond acceptors (Lipinski definition) is 6. The second-order valence-electron chi connectivity index (χ2n) is 11.0. The maximum absolute atomic E-state index is 13.7. The Kier molecular flexibility index (Phi) is 8.16. The van der Waals surface area contributed by atoms with Crippen molar-refractivity contribution in [2.75, 3.05) is 56.7 Å². The molecule has 2 saturated heterocycles. The van der Waals surface area contributed by atoms with Gasteiger partial charge in [0.15, 0.2) is 5.82 Å². The molecule has 4 aromatic rings. The van der Waals surface area contributed by atoms with Crippen LogP contribution in [0.4, 0.5) is 15.9 Å². The fraction of sp³-hybridized carbons (Fsp3) is 0.375. The topological polar surface area (TPSA) is 82.7 Å². The smallest absolute Gasteiger partial charge is 0.257 e. The van der Waals surface area contributed by atoms with Gasteiger partial charge in [0, 0.05) is 56.0 Å². The summed E-state index contributed by atoms with van der Waals surface area (Å²) in [5.41, 5.74) is 4.57. The molecule has 0 unspecified atom stereocenters. The number of likely N-dealkylation sites (N-methyl/N-ethyl adjacent to an activating group) is 1. The Morgan fingerprint density at radius 2 is 1.83 bits per heavy atom. The molecule has 0 radical (unpaired) electrons. The van der Waals surface area contributed by atoms with Crippen LogP contribution >= 0.6 is 0 Å². The van der Waals surface area contributed by atoms with Crippen LogP contribution in [0.25, 0.3) is 10.9 Å². The lowest BCUT2D eigenvalue weighted by Crippen LogP contribution is -2.44. The minimum atomic E-state index is -0.279. The molecular formula is C32H36FN5O3. The van der Waals surface area contributed by atoms with E-state index in [9.17, 15) is 9.18 Å². The predicted molar refractivity (Wildman–Crippen MR) is 158 cm³/mol. The molecule has 0 saturated carbocycles. The van der Waals surface area contributed by atoms with Crippen molar-refractivity contribution in [3.05, 3.63) is 83.2 Å². The first-order valence-corrected chi connectivity index (χ1v) is 14.3. The number of amides is 1. The number of fused-ring (bicyclic) bond motifs is 1. The first-order valence-electron chi connectivity index (χ1n) is 14.3. The highest BCUT2D eigenvalue weighted by molar-refractivity contribution is 6.09. The molecule has 2 N–H and O–H groups in total. The number of halogens is 1. The summed E-state index contributed by atoms with van der Waals surface area (Å²) < 4.78 is 24.7. The van der Waals surface area contributed by atoms with Gasteiger partial charge >= 0.3 is 0 Å². The van der Waals surface area contributed by atoms with Gasteiger partial charge in [-0.1, -0.05) is 12.1 Å². The van der Waals surface area contributed by atoms with Gasteiger partial charge in [0.2, 0.25) is 0 Å². The number of nitrogens with zero attached hydrogens (tertiary/aromatic N) is 3. The van der Waals surface area contributed by atoms with Gasteiger partial charge in [-0.25, -0.2) is 4.39 Å². The molecule has 9 heteroatoms. The lowest BCUT2D eigenvalue weighted by atomic mass is 9.89. The Balaban J connectivity index is 1.22. The van der Waals surface area contributed by atoms with E-state index in [1.165, 1.54) is 17.8 Å². The maximum atomic E-state index is 13.7. The molecule has 214 valence electrons. The minimum Gasteiger partial charge on any atom is -0.489 e. The van der Waals surface area contributed by atoms with Crippen LogP contribution in [-0.2, 0) is 17.8 Å². The van der Waals surface area contributed by atoms with Gasteiger partial charge in [0.05, 0.1) is 5.52 Å². The molecule has 1 amide bonds. The summed E-state index contributed by atoms with van der Waals surface area (Å²) in [4.78, 5) is 18.4. The monoisotopic (exact) mass is 557 g/mol. The molecule has 0 aliphatic carbocycles. The molecule has 2 aliphatic heterocycles. The molecule has 8 nitrogen and oxygen atoms in total. The van der Waals surface area contributed by atoms with Crippen LogP contribution in [0.5, 0.6) is 5.75 Å². The van der Waals surface area contributed by atoms with E-state index in [-0.39, 0.29) is 11.7 Å². The molecule has 0 spiro atoms. The summed E-state index contributed by atoms with van der Waals surface area (Å²) in [5, 5.41) is 11.2. The van der Waals surface area contributed by atoms with E-state index in [4.69, 9.17) is 9.47 Å². The summed E-state index contributed by atoms with van der Waals surface area (Å²) in [6.07, 6.45) is 2.85. The molecule has 2 fully saturated rings. The number of carbonyl (C=O) groups excluding carboxylic acids is 1. The Morgan fingerprint density at radius 3 is 2.61 bits per heavy atom. The van der Waals surface area contributed by atoms with E-state index >= 15 is 0 Å². The second kappa shape index (κ2) is 12.3. The first-order chi connectivity index (χ1) is 20.0. The number of anilines is 2. The lowest BCUT2D eigenvalue weighted by molar-refractivity contribution is 0.0664. The summed E-state index contributed by atoms with van der Waals surface area (Å²) >= 11 is 0. The third-order valence-electron chi connectivity index (χ3n) is 8.14. The number of aromatic nitrogens is 2. The van der Waals surface area contributed by atoms with Gasteiger partial charge in [-0.15, -0.1) is 0 Å². The molecule has 6 rings (SSSR count). The highest BCUT2D eigenvalue weighted by Gasteiger charge is 2.22. The zero-order valence-electron chi connectivity index (χ0n) is 23.4. The van der Waals surface area contributed by atoms with Crippen molar-refractivity contribution < 1.29 is 18.7 Å². The van der Waals surface area contributed by atoms with Crippen LogP contribution in [-0.4, -0.2) is 67.4 Å². The highest BCUT2D eigenvalue weighted by Crippen LogP contribution is 2.29. The fourth-order valence-electron chi connectivity index (χ4n) is 5.59. The second-order valence-corrected chi connectivity index (χ2v) is 11.0. The van der Waals surface area contributed by atoms with E-state index in [2.05, 4.69) is 44.5 Å². The van der Waals surface area contributed by atoms with Gasteiger partial charge in [-0.05, 0) is 91.9 Å². The van der Waals surface area contributed by atoms with Crippen molar-refractivity contribution in [1.29, 1.82) is 0 Å². The van der Waals surface area contributed by atoms with E-state index in [1.807, 2.05) is 24.3 Å². The van der Waals surface area contributed by atoms with Gasteiger partial charge in [0.1, 0.15) is 18.2 Å². The summed E-state index contributed by atoms with van der Waals surface area (Å²) in [6, 6.07) is 18.0. The number of benzene rings is 3. The summed E-state index contributed by atoms with van der Waals surface area (Å²) in [7, 11) is 2.15. The Bertz CT molecular complexity index is 1490. The highest BCUT2D eigenvalue weighted by atomic mass is 19.1. The number of H-pyrrole nitrogens is 1. The largest absolute Gasteiger partial charge is 0.489 e. The van der Waals surface area contributed by atoms with Crippen molar-refractivity contribution >= 4 is 28.3 Å². The molecule has 3 heterocycles. The van der Waals surface area contributed by atoms with Gasteiger partial charge in [-0.3, -0.25) is 9.89 Å². The normalized spacial score (nSPS) is 16.7. The van der Waals surface area contributed by atoms with Crippen LogP contribution < -0.4 is 15.0 Å². The molecule has 1 aromatic heterocycles. The lowest BCUT2D eigenvalue weighted by Gasteiger charge is -2.34. The zero-order valence-corrected chi connectivity index (χ0v) is 23.4. The predicted octanol–water partition coefficient (Wildman–Crippen LogP) is 5.25. The number of rotatable bonds is 8. The number of carbonyl (C=O) groups is 1. The molecule has 41 heavy (non-hydrogen) atoms. The number of ether oxygens (including phenoxy) is 2. The van der Waals surface area contributed by atoms with Crippen LogP contribution in [0, 0.1) is 11.7 Å². The average molecular weight is 558 g/mol. The third kappa shape index (κ3) is 6.52. The van der Waals surface area contributed by atoms with Crippen LogP contribution in [0.2, 0.25) is 0 Å². The van der Waals surface area contributed by atoms with Crippen molar-refractivity contribution in [3.8, 4) is 5.75 Å². The van der Waals surface area contributed by atoms with Crippen molar-refractivity contribution in [1.82, 2.24) is 15.1 Å². The first kappa shape index (κ1) is 27.2. The molecule has 3 aromatic carbocycles. The Morgan fingerprint density at radius 1 is 1.05 bits per heavy atom. The van der Waals surface area contributed by atoms with Crippen LogP contribution in [0.15, 0.2) is 60.7 Å². The molecule has 2 aliphatic rings. The van der Waals surface area contributed by atoms with E-state index < -0.39 is 0 Å². The van der Waals surface area contributed by atoms with E-state index in [0.29, 0.717) is 29.7 Å². The summed E-state index contributed by atoms with van der Waals surface area (Å²) in [5.74, 6) is 1.12. The van der Waals surface area contributed by atoms with Crippen LogP contribution in [0.3, 0.4) is 0 Å². The zero-order chi connectivity index (χ0) is 28.2. The molecule has 0 bridgehead atoms. The van der Waals surface area contributed by atoms with Crippen molar-refractivity contribution in [2.45, 2.75) is 25.9 Å². The number of nitrogens with one attached hydrogen (secondary N) is 2. The standard InChI is InChI=1S/C32H36FN5O3/c1-37-12-14-38(15-13-37)26-6-8-28(24(19-26)18-22-10-16-40-17-11-22)32(39)34-31-29-20-27(7-9-30(29)35-36-31)41-21-23-2-4-25(33)5-3-23/h2-9,19-20,22H,10-18,21H2,1H3,(H2,34,35,36,39). The average Bonchev–Trinajstić information content (AvgIpc) is 3.39. The van der Waals surface area contributed by atoms with Crippen LogP contribution in [0.1, 0.15) is 34.3 Å². The van der Waals surface area contributed by atoms with Crippen molar-refractivity contribution in [3.63, 3.8) is 0 Å². The molecular weight excluding hydrogens is 521 g/mol. The SMILES string of the molecule is CN1CCN(c2ccc(C(=O)Nc3n[nH]c4ccc(OCc5ccc(F)cc5)cc34)c(CC3CCOCC3)c2)CC1. The summed E-state index contributed by atoms with van der Waals surface area (Å²) in [6.45, 7) is 5.86. The number of piperazine rings is 1. The quantitative estimate of drug-likeness (QED) is 0.308. The Hall–Kier alpha value is -3.95. The van der Waals surface area contributed by atoms with Gasteiger partial charge < -0.3 is 24.6 Å². The molecule has 0 atom stereocenters. The number of aromatic amines is 1. The Labute approximate surface area is 239 Å². The van der Waals surface area contributed by atoms with Gasteiger partial charge in [0.25, 0.3) is 5.91 Å². The van der Waals surface area contributed by atoms with Crippen molar-refractivity contribution in [2.24, 2.45) is 5.92 Å². The van der Waals surface area contributed by atoms with Gasteiger partial charge in [-0.2, -0.15) is 5.10 Å². The fourth-order valence-corrected chi connectivity index (χ4v) is 5.59. The van der Waals surface area contributed by atoms with E-state index in [1.54, 1.807) is 12.1 Å². The minimum absolute atomic E-state index is 0.178. The van der Waals surface area contributed by atoms with E-state index in [0.717, 1.165) is 80.7 Å².